The van der Waals surface area contributed by atoms with Crippen molar-refractivity contribution in [3.05, 3.63) is 89.5 Å². The van der Waals surface area contributed by atoms with Gasteiger partial charge in [0.15, 0.2) is 0 Å². The molecule has 1 unspecified atom stereocenters. The van der Waals surface area contributed by atoms with Crippen LogP contribution in [0.1, 0.15) is 36.6 Å². The van der Waals surface area contributed by atoms with E-state index >= 15 is 0 Å². The summed E-state index contributed by atoms with van der Waals surface area (Å²) >= 11 is 0. The van der Waals surface area contributed by atoms with Gasteiger partial charge in [-0.05, 0) is 47.0 Å². The fourth-order valence-corrected chi connectivity index (χ4v) is 3.87. The van der Waals surface area contributed by atoms with Crippen LogP contribution in [-0.4, -0.2) is 6.36 Å². The molecular weight excluding hydrogens is 391 g/mol. The number of nitrogens with one attached hydrogen (secondary N) is 1. The topological polar surface area (TPSA) is 30.5 Å². The van der Waals surface area contributed by atoms with Crippen molar-refractivity contribution in [3.8, 4) is 11.5 Å². The molecule has 1 heterocycles. The molecule has 0 radical (unpaired) electrons. The standard InChI is InChI=1S/C24H22F3NO2/c1-23(2)20-14-19(29-15-16-6-4-3-5-7-16)12-13-21(20)28-22(23)17-8-10-18(11-9-17)30-24(25,26)27/h3-14,22,28H,15H2,1-2H3. The molecule has 3 aromatic rings. The normalized spacial score (nSPS) is 17.2. The third-order valence-corrected chi connectivity index (χ3v) is 5.40. The minimum atomic E-state index is -4.70. The highest BCUT2D eigenvalue weighted by molar-refractivity contribution is 5.65. The van der Waals surface area contributed by atoms with E-state index in [1.165, 1.54) is 12.1 Å². The zero-order valence-corrected chi connectivity index (χ0v) is 16.7. The summed E-state index contributed by atoms with van der Waals surface area (Å²) in [5, 5.41) is 3.49. The van der Waals surface area contributed by atoms with Gasteiger partial charge in [0.05, 0.1) is 6.04 Å². The first-order valence-electron chi connectivity index (χ1n) is 9.66. The first-order valence-corrected chi connectivity index (χ1v) is 9.66. The average molecular weight is 413 g/mol. The van der Waals surface area contributed by atoms with Gasteiger partial charge in [0.25, 0.3) is 0 Å². The van der Waals surface area contributed by atoms with Crippen LogP contribution >= 0.6 is 0 Å². The molecule has 0 aromatic heterocycles. The fourth-order valence-electron chi connectivity index (χ4n) is 3.87. The molecule has 1 aliphatic rings. The number of benzene rings is 3. The monoisotopic (exact) mass is 413 g/mol. The molecule has 0 saturated carbocycles. The van der Waals surface area contributed by atoms with Crippen molar-refractivity contribution in [1.82, 2.24) is 0 Å². The lowest BCUT2D eigenvalue weighted by Crippen LogP contribution is -2.25. The Morgan fingerprint density at radius 3 is 2.23 bits per heavy atom. The SMILES string of the molecule is CC1(C)c2cc(OCc3ccccc3)ccc2NC1c1ccc(OC(F)(F)F)cc1. The number of hydrogen-bond donors (Lipinski definition) is 1. The molecule has 0 amide bonds. The van der Waals surface area contributed by atoms with E-state index in [1.54, 1.807) is 12.1 Å². The Morgan fingerprint density at radius 1 is 0.900 bits per heavy atom. The van der Waals surface area contributed by atoms with Crippen LogP contribution in [-0.2, 0) is 12.0 Å². The smallest absolute Gasteiger partial charge is 0.489 e. The molecule has 3 nitrogen and oxygen atoms in total. The molecule has 1 atom stereocenters. The number of alkyl halides is 3. The number of rotatable bonds is 5. The molecule has 3 aromatic carbocycles. The van der Waals surface area contributed by atoms with Gasteiger partial charge < -0.3 is 14.8 Å². The van der Waals surface area contributed by atoms with Gasteiger partial charge in [-0.2, -0.15) is 0 Å². The largest absolute Gasteiger partial charge is 0.573 e. The third-order valence-electron chi connectivity index (χ3n) is 5.40. The van der Waals surface area contributed by atoms with E-state index < -0.39 is 6.36 Å². The van der Waals surface area contributed by atoms with Crippen molar-refractivity contribution >= 4 is 5.69 Å². The van der Waals surface area contributed by atoms with Crippen LogP contribution in [0.15, 0.2) is 72.8 Å². The van der Waals surface area contributed by atoms with E-state index in [1.807, 2.05) is 48.5 Å². The van der Waals surface area contributed by atoms with Crippen LogP contribution in [0.25, 0.3) is 0 Å². The van der Waals surface area contributed by atoms with Gasteiger partial charge in [-0.25, -0.2) is 0 Å². The summed E-state index contributed by atoms with van der Waals surface area (Å²) in [6, 6.07) is 21.8. The second kappa shape index (κ2) is 7.59. The molecule has 0 saturated heterocycles. The zero-order valence-electron chi connectivity index (χ0n) is 16.7. The second-order valence-electron chi connectivity index (χ2n) is 7.90. The van der Waals surface area contributed by atoms with Crippen LogP contribution in [0.4, 0.5) is 18.9 Å². The molecule has 0 bridgehead atoms. The van der Waals surface area contributed by atoms with Crippen molar-refractivity contribution in [1.29, 1.82) is 0 Å². The van der Waals surface area contributed by atoms with Crippen LogP contribution < -0.4 is 14.8 Å². The summed E-state index contributed by atoms with van der Waals surface area (Å²) in [6.45, 7) is 4.70. The Bertz CT molecular complexity index is 1010. The number of ether oxygens (including phenoxy) is 2. The van der Waals surface area contributed by atoms with Gasteiger partial charge in [-0.1, -0.05) is 56.3 Å². The van der Waals surface area contributed by atoms with E-state index in [-0.39, 0.29) is 17.2 Å². The Hall–Kier alpha value is -3.15. The van der Waals surface area contributed by atoms with Gasteiger partial charge in [0, 0.05) is 11.1 Å². The molecule has 30 heavy (non-hydrogen) atoms. The second-order valence-corrected chi connectivity index (χ2v) is 7.90. The van der Waals surface area contributed by atoms with E-state index in [4.69, 9.17) is 4.74 Å². The Morgan fingerprint density at radius 2 is 1.57 bits per heavy atom. The molecule has 1 N–H and O–H groups in total. The van der Waals surface area contributed by atoms with Crippen molar-refractivity contribution in [3.63, 3.8) is 0 Å². The number of hydrogen-bond acceptors (Lipinski definition) is 3. The minimum absolute atomic E-state index is 0.0863. The third kappa shape index (κ3) is 4.22. The lowest BCUT2D eigenvalue weighted by atomic mass is 9.78. The van der Waals surface area contributed by atoms with Gasteiger partial charge in [0.2, 0.25) is 0 Å². The van der Waals surface area contributed by atoms with E-state index in [2.05, 4.69) is 23.9 Å². The van der Waals surface area contributed by atoms with Crippen molar-refractivity contribution in [2.45, 2.75) is 38.3 Å². The summed E-state index contributed by atoms with van der Waals surface area (Å²) in [6.07, 6.45) is -4.70. The first kappa shape index (κ1) is 20.1. The lowest BCUT2D eigenvalue weighted by molar-refractivity contribution is -0.274. The van der Waals surface area contributed by atoms with Gasteiger partial charge in [0.1, 0.15) is 18.1 Å². The highest BCUT2D eigenvalue weighted by Gasteiger charge is 2.40. The van der Waals surface area contributed by atoms with Crippen LogP contribution in [0.2, 0.25) is 0 Å². The molecule has 6 heteroatoms. The lowest BCUT2D eigenvalue weighted by Gasteiger charge is -2.28. The summed E-state index contributed by atoms with van der Waals surface area (Å²) in [7, 11) is 0. The van der Waals surface area contributed by atoms with Crippen LogP contribution in [0.3, 0.4) is 0 Å². The van der Waals surface area contributed by atoms with Gasteiger partial charge in [-0.3, -0.25) is 0 Å². The molecule has 0 aliphatic carbocycles. The number of fused-ring (bicyclic) bond motifs is 1. The maximum Gasteiger partial charge on any atom is 0.573 e. The molecule has 1 aliphatic heterocycles. The molecule has 0 fully saturated rings. The predicted molar refractivity (Wildman–Crippen MR) is 110 cm³/mol. The molecule has 156 valence electrons. The van der Waals surface area contributed by atoms with E-state index in [9.17, 15) is 13.2 Å². The maximum atomic E-state index is 12.4. The average Bonchev–Trinajstić information content (AvgIpc) is 2.97. The Kier molecular flexibility index (Phi) is 5.10. The quantitative estimate of drug-likeness (QED) is 0.511. The highest BCUT2D eigenvalue weighted by Crippen LogP contribution is 2.49. The molecule has 0 spiro atoms. The predicted octanol–water partition coefficient (Wildman–Crippen LogP) is 6.61. The van der Waals surface area contributed by atoms with Crippen molar-refractivity contribution < 1.29 is 22.6 Å². The number of anilines is 1. The first-order chi connectivity index (χ1) is 14.2. The zero-order chi connectivity index (χ0) is 21.4. The van der Waals surface area contributed by atoms with E-state index in [0.29, 0.717) is 6.61 Å². The maximum absolute atomic E-state index is 12.4. The minimum Gasteiger partial charge on any atom is -0.489 e. The van der Waals surface area contributed by atoms with Crippen LogP contribution in [0, 0.1) is 0 Å². The van der Waals surface area contributed by atoms with Crippen molar-refractivity contribution in [2.75, 3.05) is 5.32 Å². The molecular formula is C24H22F3NO2. The Labute approximate surface area is 173 Å². The fraction of sp³-hybridized carbons (Fsp3) is 0.250. The van der Waals surface area contributed by atoms with Crippen LogP contribution in [0.5, 0.6) is 11.5 Å². The summed E-state index contributed by atoms with van der Waals surface area (Å²) in [5.41, 5.74) is 3.79. The Balaban J connectivity index is 1.52. The molecule has 4 rings (SSSR count). The van der Waals surface area contributed by atoms with Gasteiger partial charge >= 0.3 is 6.36 Å². The number of halogens is 3. The summed E-state index contributed by atoms with van der Waals surface area (Å²) in [4.78, 5) is 0. The van der Waals surface area contributed by atoms with E-state index in [0.717, 1.165) is 28.1 Å². The summed E-state index contributed by atoms with van der Waals surface area (Å²) < 4.78 is 47.2. The highest BCUT2D eigenvalue weighted by atomic mass is 19.4. The van der Waals surface area contributed by atoms with Gasteiger partial charge in [-0.15, -0.1) is 13.2 Å². The van der Waals surface area contributed by atoms with Crippen molar-refractivity contribution in [2.24, 2.45) is 0 Å². The summed E-state index contributed by atoms with van der Waals surface area (Å²) in [5.74, 6) is 0.554.